The lowest BCUT2D eigenvalue weighted by Gasteiger charge is -2.31. The van der Waals surface area contributed by atoms with E-state index in [4.69, 9.17) is 0 Å². The standard InChI is InChI=1S/C9H14O3S/c1-8(2,3)4-5-9(10)6-13(11,12)7-9/h10H,6-7H2,1-3H3. The van der Waals surface area contributed by atoms with Gasteiger partial charge < -0.3 is 5.11 Å². The van der Waals surface area contributed by atoms with E-state index in [0.717, 1.165) is 0 Å². The normalized spacial score (nSPS) is 24.0. The van der Waals surface area contributed by atoms with Crippen LogP contribution in [0.25, 0.3) is 0 Å². The van der Waals surface area contributed by atoms with Crippen molar-refractivity contribution in [2.75, 3.05) is 11.5 Å². The first kappa shape index (κ1) is 10.6. The van der Waals surface area contributed by atoms with Crippen LogP contribution in [0.5, 0.6) is 0 Å². The fourth-order valence-electron chi connectivity index (χ4n) is 1.06. The summed E-state index contributed by atoms with van der Waals surface area (Å²) in [6.45, 7) is 5.74. The Kier molecular flexibility index (Phi) is 2.21. The topological polar surface area (TPSA) is 54.4 Å². The molecule has 1 aliphatic rings. The summed E-state index contributed by atoms with van der Waals surface area (Å²) in [5.41, 5.74) is -1.48. The average molecular weight is 202 g/mol. The third-order valence-electron chi connectivity index (χ3n) is 1.59. The van der Waals surface area contributed by atoms with Crippen molar-refractivity contribution in [2.45, 2.75) is 26.4 Å². The van der Waals surface area contributed by atoms with Gasteiger partial charge in [-0.15, -0.1) is 0 Å². The van der Waals surface area contributed by atoms with E-state index in [9.17, 15) is 13.5 Å². The van der Waals surface area contributed by atoms with Gasteiger partial charge in [0.25, 0.3) is 0 Å². The molecule has 0 atom stereocenters. The molecule has 0 aromatic heterocycles. The maximum Gasteiger partial charge on any atom is 0.158 e. The molecule has 1 rings (SSSR count). The third-order valence-corrected chi connectivity index (χ3v) is 3.42. The second kappa shape index (κ2) is 2.73. The lowest BCUT2D eigenvalue weighted by molar-refractivity contribution is 0.133. The van der Waals surface area contributed by atoms with Crippen LogP contribution in [0.3, 0.4) is 0 Å². The molecule has 0 unspecified atom stereocenters. The van der Waals surface area contributed by atoms with E-state index in [1.807, 2.05) is 20.8 Å². The molecule has 0 saturated carbocycles. The fourth-order valence-corrected chi connectivity index (χ4v) is 2.58. The Morgan fingerprint density at radius 3 is 2.08 bits per heavy atom. The molecule has 0 amide bonds. The van der Waals surface area contributed by atoms with Crippen molar-refractivity contribution >= 4 is 9.84 Å². The molecule has 13 heavy (non-hydrogen) atoms. The van der Waals surface area contributed by atoms with Gasteiger partial charge in [0, 0.05) is 5.41 Å². The summed E-state index contributed by atoms with van der Waals surface area (Å²) in [6, 6.07) is 0. The van der Waals surface area contributed by atoms with Crippen molar-refractivity contribution < 1.29 is 13.5 Å². The SMILES string of the molecule is CC(C)(C)C#CC1(O)CS(=O)(=O)C1. The van der Waals surface area contributed by atoms with Crippen molar-refractivity contribution in [3.63, 3.8) is 0 Å². The second-order valence-electron chi connectivity index (χ2n) is 4.56. The van der Waals surface area contributed by atoms with Gasteiger partial charge in [0.2, 0.25) is 0 Å². The monoisotopic (exact) mass is 202 g/mol. The predicted molar refractivity (Wildman–Crippen MR) is 50.8 cm³/mol. The van der Waals surface area contributed by atoms with E-state index in [1.54, 1.807) is 0 Å². The molecule has 0 aliphatic carbocycles. The van der Waals surface area contributed by atoms with E-state index in [1.165, 1.54) is 0 Å². The van der Waals surface area contributed by atoms with Crippen LogP contribution >= 0.6 is 0 Å². The first-order chi connectivity index (χ1) is 5.62. The first-order valence-electron chi connectivity index (χ1n) is 4.09. The molecule has 0 aromatic rings. The smallest absolute Gasteiger partial charge is 0.158 e. The van der Waals surface area contributed by atoms with E-state index in [0.29, 0.717) is 0 Å². The van der Waals surface area contributed by atoms with Gasteiger partial charge in [-0.3, -0.25) is 0 Å². The van der Waals surface area contributed by atoms with E-state index >= 15 is 0 Å². The van der Waals surface area contributed by atoms with Gasteiger partial charge >= 0.3 is 0 Å². The highest BCUT2D eigenvalue weighted by Gasteiger charge is 2.46. The number of hydrogen-bond donors (Lipinski definition) is 1. The lowest BCUT2D eigenvalue weighted by atomic mass is 9.96. The Morgan fingerprint density at radius 2 is 1.77 bits per heavy atom. The molecule has 1 N–H and O–H groups in total. The molecule has 0 bridgehead atoms. The highest BCUT2D eigenvalue weighted by atomic mass is 32.2. The highest BCUT2D eigenvalue weighted by molar-refractivity contribution is 7.93. The molecule has 1 aliphatic heterocycles. The molecular formula is C9H14O3S. The maximum absolute atomic E-state index is 10.8. The van der Waals surface area contributed by atoms with Crippen molar-refractivity contribution in [2.24, 2.45) is 5.41 Å². The van der Waals surface area contributed by atoms with Gasteiger partial charge in [-0.2, -0.15) is 0 Å². The Morgan fingerprint density at radius 1 is 1.31 bits per heavy atom. The van der Waals surface area contributed by atoms with E-state index in [2.05, 4.69) is 11.8 Å². The van der Waals surface area contributed by atoms with Crippen LogP contribution < -0.4 is 0 Å². The summed E-state index contributed by atoms with van der Waals surface area (Å²) >= 11 is 0. The van der Waals surface area contributed by atoms with Crippen LogP contribution in [-0.2, 0) is 9.84 Å². The number of hydrogen-bond acceptors (Lipinski definition) is 3. The van der Waals surface area contributed by atoms with Crippen LogP contribution in [-0.4, -0.2) is 30.6 Å². The second-order valence-corrected chi connectivity index (χ2v) is 6.63. The summed E-state index contributed by atoms with van der Waals surface area (Å²) < 4.78 is 21.6. The van der Waals surface area contributed by atoms with Gasteiger partial charge in [0.1, 0.15) is 0 Å². The summed E-state index contributed by atoms with van der Waals surface area (Å²) in [5.74, 6) is 5.02. The Balaban J connectivity index is 2.71. The maximum atomic E-state index is 10.8. The number of sulfone groups is 1. The average Bonchev–Trinajstić information content (AvgIpc) is 1.77. The summed E-state index contributed by atoms with van der Waals surface area (Å²) in [6.07, 6.45) is 0. The van der Waals surface area contributed by atoms with E-state index < -0.39 is 15.4 Å². The zero-order chi connectivity index (χ0) is 10.3. The molecule has 0 spiro atoms. The van der Waals surface area contributed by atoms with Crippen LogP contribution in [0, 0.1) is 17.3 Å². The van der Waals surface area contributed by atoms with Crippen LogP contribution in [0.4, 0.5) is 0 Å². The summed E-state index contributed by atoms with van der Waals surface area (Å²) in [5, 5.41) is 9.56. The minimum Gasteiger partial charge on any atom is -0.375 e. The third kappa shape index (κ3) is 3.02. The molecule has 3 nitrogen and oxygen atoms in total. The van der Waals surface area contributed by atoms with Crippen LogP contribution in [0.2, 0.25) is 0 Å². The van der Waals surface area contributed by atoms with Crippen molar-refractivity contribution in [1.82, 2.24) is 0 Å². The number of rotatable bonds is 0. The molecule has 0 radical (unpaired) electrons. The van der Waals surface area contributed by atoms with Gasteiger partial charge in [-0.05, 0) is 20.8 Å². The Bertz CT molecular complexity index is 350. The summed E-state index contributed by atoms with van der Waals surface area (Å²) in [7, 11) is -3.01. The molecule has 74 valence electrons. The predicted octanol–water partition coefficient (Wildman–Crippen LogP) is 0.195. The Hall–Kier alpha value is -0.530. The number of aliphatic hydroxyl groups is 1. The zero-order valence-electron chi connectivity index (χ0n) is 8.09. The van der Waals surface area contributed by atoms with Gasteiger partial charge in [-0.1, -0.05) is 11.8 Å². The molecule has 1 fully saturated rings. The quantitative estimate of drug-likeness (QED) is 0.571. The molecule has 0 aromatic carbocycles. The minimum absolute atomic E-state index is 0.199. The van der Waals surface area contributed by atoms with Gasteiger partial charge in [0.15, 0.2) is 15.4 Å². The highest BCUT2D eigenvalue weighted by Crippen LogP contribution is 2.23. The molecule has 1 heterocycles. The van der Waals surface area contributed by atoms with Crippen molar-refractivity contribution in [1.29, 1.82) is 0 Å². The minimum atomic E-state index is -3.01. The van der Waals surface area contributed by atoms with Gasteiger partial charge in [-0.25, -0.2) is 8.42 Å². The Labute approximate surface area is 79.1 Å². The summed E-state index contributed by atoms with van der Waals surface area (Å²) in [4.78, 5) is 0. The molecule has 4 heteroatoms. The van der Waals surface area contributed by atoms with Gasteiger partial charge in [0.05, 0.1) is 11.5 Å². The fraction of sp³-hybridized carbons (Fsp3) is 0.778. The van der Waals surface area contributed by atoms with Crippen LogP contribution in [0.15, 0.2) is 0 Å². The lowest BCUT2D eigenvalue weighted by Crippen LogP contribution is -2.53. The zero-order valence-corrected chi connectivity index (χ0v) is 8.90. The van der Waals surface area contributed by atoms with Crippen molar-refractivity contribution in [3.05, 3.63) is 0 Å². The first-order valence-corrected chi connectivity index (χ1v) is 5.91. The largest absolute Gasteiger partial charge is 0.375 e. The van der Waals surface area contributed by atoms with E-state index in [-0.39, 0.29) is 16.9 Å². The molecular weight excluding hydrogens is 188 g/mol. The van der Waals surface area contributed by atoms with Crippen molar-refractivity contribution in [3.8, 4) is 11.8 Å². The molecule has 1 saturated heterocycles. The van der Waals surface area contributed by atoms with Crippen LogP contribution in [0.1, 0.15) is 20.8 Å².